The second-order valence-electron chi connectivity index (χ2n) is 5.18. The molecule has 0 saturated heterocycles. The fourth-order valence-electron chi connectivity index (χ4n) is 1.35. The molecular formula is C14H18Cl2O2. The van der Waals surface area contributed by atoms with Crippen LogP contribution in [0.5, 0.6) is 0 Å². The van der Waals surface area contributed by atoms with Crippen molar-refractivity contribution in [2.24, 2.45) is 5.41 Å². The summed E-state index contributed by atoms with van der Waals surface area (Å²) in [5.41, 5.74) is -0.254. The summed E-state index contributed by atoms with van der Waals surface area (Å²) in [6.45, 7) is 5.89. The first-order chi connectivity index (χ1) is 8.30. The SMILES string of the molecule is CC(C)(C)C(=O)C(Cl)OCCc1ccc(Cl)cc1. The lowest BCUT2D eigenvalue weighted by molar-refractivity contribution is -0.133. The number of hydrogen-bond donors (Lipinski definition) is 0. The van der Waals surface area contributed by atoms with Crippen molar-refractivity contribution in [2.75, 3.05) is 6.61 Å². The molecule has 0 aromatic heterocycles. The van der Waals surface area contributed by atoms with Crippen molar-refractivity contribution in [2.45, 2.75) is 32.8 Å². The smallest absolute Gasteiger partial charge is 0.189 e. The molecule has 2 nitrogen and oxygen atoms in total. The predicted octanol–water partition coefficient (Wildman–Crippen LogP) is 4.08. The minimum absolute atomic E-state index is 0.0970. The number of rotatable bonds is 5. The molecule has 0 aliphatic rings. The van der Waals surface area contributed by atoms with Gasteiger partial charge in [0.1, 0.15) is 0 Å². The number of ether oxygens (including phenoxy) is 1. The first-order valence-corrected chi connectivity index (χ1v) is 6.66. The molecule has 1 atom stereocenters. The number of alkyl halides is 1. The molecule has 1 rings (SSSR count). The molecular weight excluding hydrogens is 271 g/mol. The Morgan fingerprint density at radius 2 is 1.83 bits per heavy atom. The van der Waals surface area contributed by atoms with Gasteiger partial charge in [0.2, 0.25) is 0 Å². The van der Waals surface area contributed by atoms with E-state index in [0.29, 0.717) is 18.1 Å². The highest BCUT2D eigenvalue weighted by Crippen LogP contribution is 2.20. The minimum atomic E-state index is -0.877. The van der Waals surface area contributed by atoms with Gasteiger partial charge in [0.05, 0.1) is 6.61 Å². The van der Waals surface area contributed by atoms with Crippen LogP contribution in [0.25, 0.3) is 0 Å². The van der Waals surface area contributed by atoms with Crippen LogP contribution in [-0.2, 0) is 16.0 Å². The van der Waals surface area contributed by atoms with E-state index in [1.165, 1.54) is 0 Å². The summed E-state index contributed by atoms with van der Waals surface area (Å²) in [5, 5.41) is 0.706. The van der Waals surface area contributed by atoms with Gasteiger partial charge in [0.15, 0.2) is 11.3 Å². The van der Waals surface area contributed by atoms with E-state index in [-0.39, 0.29) is 5.78 Å². The van der Waals surface area contributed by atoms with Crippen molar-refractivity contribution >= 4 is 29.0 Å². The van der Waals surface area contributed by atoms with Crippen LogP contribution in [0.4, 0.5) is 0 Å². The molecule has 100 valence electrons. The molecule has 1 unspecified atom stereocenters. The van der Waals surface area contributed by atoms with Crippen LogP contribution in [0.3, 0.4) is 0 Å². The summed E-state index contributed by atoms with van der Waals surface area (Å²) in [5.74, 6) is -0.0970. The maximum Gasteiger partial charge on any atom is 0.189 e. The van der Waals surface area contributed by atoms with Gasteiger partial charge in [0, 0.05) is 10.4 Å². The van der Waals surface area contributed by atoms with Gasteiger partial charge in [-0.2, -0.15) is 0 Å². The van der Waals surface area contributed by atoms with E-state index >= 15 is 0 Å². The Balaban J connectivity index is 2.38. The standard InChI is InChI=1S/C14H18Cl2O2/c1-14(2,3)12(17)13(16)18-9-8-10-4-6-11(15)7-5-10/h4-7,13H,8-9H2,1-3H3. The number of ketones is 1. The van der Waals surface area contributed by atoms with Gasteiger partial charge < -0.3 is 4.74 Å². The van der Waals surface area contributed by atoms with Crippen molar-refractivity contribution in [3.8, 4) is 0 Å². The largest absolute Gasteiger partial charge is 0.355 e. The molecule has 0 aliphatic carbocycles. The summed E-state index contributed by atoms with van der Waals surface area (Å²) in [7, 11) is 0. The fourth-order valence-corrected chi connectivity index (χ4v) is 1.89. The van der Waals surface area contributed by atoms with Gasteiger partial charge in [0.25, 0.3) is 0 Å². The number of benzene rings is 1. The highest BCUT2D eigenvalue weighted by molar-refractivity contribution is 6.30. The number of carbonyl (C=O) groups excluding carboxylic acids is 1. The second-order valence-corrected chi connectivity index (χ2v) is 6.01. The number of hydrogen-bond acceptors (Lipinski definition) is 2. The van der Waals surface area contributed by atoms with Gasteiger partial charge in [-0.1, -0.05) is 56.1 Å². The van der Waals surface area contributed by atoms with Crippen LogP contribution in [0.1, 0.15) is 26.3 Å². The number of carbonyl (C=O) groups is 1. The zero-order valence-corrected chi connectivity index (χ0v) is 12.4. The van der Waals surface area contributed by atoms with E-state index in [4.69, 9.17) is 27.9 Å². The topological polar surface area (TPSA) is 26.3 Å². The lowest BCUT2D eigenvalue weighted by atomic mass is 9.91. The van der Waals surface area contributed by atoms with Gasteiger partial charge in [-0.15, -0.1) is 0 Å². The van der Waals surface area contributed by atoms with E-state index < -0.39 is 11.0 Å². The molecule has 1 aromatic rings. The van der Waals surface area contributed by atoms with Crippen LogP contribution < -0.4 is 0 Å². The predicted molar refractivity (Wildman–Crippen MR) is 75.2 cm³/mol. The third-order valence-electron chi connectivity index (χ3n) is 2.51. The minimum Gasteiger partial charge on any atom is -0.355 e. The zero-order valence-electron chi connectivity index (χ0n) is 10.9. The first-order valence-electron chi connectivity index (χ1n) is 5.85. The molecule has 0 saturated carbocycles. The number of Topliss-reactive ketones (excluding diaryl/α,β-unsaturated/α-hetero) is 1. The molecule has 0 N–H and O–H groups in total. The summed E-state index contributed by atoms with van der Waals surface area (Å²) in [6.07, 6.45) is 0.706. The van der Waals surface area contributed by atoms with E-state index in [1.54, 1.807) is 0 Å². The lowest BCUT2D eigenvalue weighted by Crippen LogP contribution is -2.31. The third-order valence-corrected chi connectivity index (χ3v) is 3.09. The average molecular weight is 289 g/mol. The van der Waals surface area contributed by atoms with E-state index in [2.05, 4.69) is 0 Å². The summed E-state index contributed by atoms with van der Waals surface area (Å²) in [4.78, 5) is 11.8. The van der Waals surface area contributed by atoms with Gasteiger partial charge in [-0.3, -0.25) is 4.79 Å². The van der Waals surface area contributed by atoms with Crippen molar-refractivity contribution in [1.82, 2.24) is 0 Å². The Labute approximate surface area is 118 Å². The highest BCUT2D eigenvalue weighted by atomic mass is 35.5. The molecule has 0 aliphatic heterocycles. The Kier molecular flexibility index (Phi) is 5.64. The summed E-state index contributed by atoms with van der Waals surface area (Å²) < 4.78 is 5.35. The van der Waals surface area contributed by atoms with E-state index in [1.807, 2.05) is 45.0 Å². The second kappa shape index (κ2) is 6.55. The Morgan fingerprint density at radius 3 is 2.33 bits per heavy atom. The Bertz CT molecular complexity index is 393. The van der Waals surface area contributed by atoms with Crippen molar-refractivity contribution in [3.63, 3.8) is 0 Å². The lowest BCUT2D eigenvalue weighted by Gasteiger charge is -2.20. The zero-order chi connectivity index (χ0) is 13.8. The molecule has 0 spiro atoms. The average Bonchev–Trinajstić information content (AvgIpc) is 2.29. The Morgan fingerprint density at radius 1 is 1.28 bits per heavy atom. The summed E-state index contributed by atoms with van der Waals surface area (Å²) >= 11 is 11.7. The van der Waals surface area contributed by atoms with Crippen LogP contribution >= 0.6 is 23.2 Å². The molecule has 18 heavy (non-hydrogen) atoms. The molecule has 0 heterocycles. The number of halogens is 2. The van der Waals surface area contributed by atoms with Crippen molar-refractivity contribution in [3.05, 3.63) is 34.9 Å². The molecule has 0 fully saturated rings. The van der Waals surface area contributed by atoms with Gasteiger partial charge >= 0.3 is 0 Å². The monoisotopic (exact) mass is 288 g/mol. The van der Waals surface area contributed by atoms with E-state index in [0.717, 1.165) is 5.56 Å². The summed E-state index contributed by atoms with van der Waals surface area (Å²) in [6, 6.07) is 7.52. The molecule has 1 aromatic carbocycles. The third kappa shape index (κ3) is 4.97. The van der Waals surface area contributed by atoms with E-state index in [9.17, 15) is 4.79 Å². The molecule has 0 amide bonds. The highest BCUT2D eigenvalue weighted by Gasteiger charge is 2.28. The first kappa shape index (κ1) is 15.5. The van der Waals surface area contributed by atoms with Gasteiger partial charge in [-0.05, 0) is 24.1 Å². The maximum atomic E-state index is 11.8. The van der Waals surface area contributed by atoms with Crippen LogP contribution in [0.15, 0.2) is 24.3 Å². The fraction of sp³-hybridized carbons (Fsp3) is 0.500. The quantitative estimate of drug-likeness (QED) is 0.763. The van der Waals surface area contributed by atoms with Crippen LogP contribution in [-0.4, -0.2) is 18.0 Å². The molecule has 0 bridgehead atoms. The normalized spacial score (nSPS) is 13.4. The van der Waals surface area contributed by atoms with Crippen LogP contribution in [0, 0.1) is 5.41 Å². The van der Waals surface area contributed by atoms with Crippen LogP contribution in [0.2, 0.25) is 5.02 Å². The van der Waals surface area contributed by atoms with Crippen molar-refractivity contribution < 1.29 is 9.53 Å². The maximum absolute atomic E-state index is 11.8. The molecule has 0 radical (unpaired) electrons. The van der Waals surface area contributed by atoms with Gasteiger partial charge in [-0.25, -0.2) is 0 Å². The molecule has 4 heteroatoms. The Hall–Kier alpha value is -0.570. The van der Waals surface area contributed by atoms with Crippen molar-refractivity contribution in [1.29, 1.82) is 0 Å².